The van der Waals surface area contributed by atoms with Crippen molar-refractivity contribution in [3.05, 3.63) is 29.6 Å². The number of amidine groups is 1. The average molecular weight is 273 g/mol. The molecule has 0 radical (unpaired) electrons. The Morgan fingerprint density at radius 2 is 2.20 bits per heavy atom. The van der Waals surface area contributed by atoms with Gasteiger partial charge in [0.05, 0.1) is 23.2 Å². The maximum absolute atomic E-state index is 13.3. The van der Waals surface area contributed by atoms with Crippen LogP contribution in [-0.2, 0) is 4.79 Å². The summed E-state index contributed by atoms with van der Waals surface area (Å²) in [5.41, 5.74) is 0.681. The van der Waals surface area contributed by atoms with Gasteiger partial charge < -0.3 is 5.32 Å². The van der Waals surface area contributed by atoms with E-state index in [0.717, 1.165) is 6.54 Å². The summed E-state index contributed by atoms with van der Waals surface area (Å²) in [5, 5.41) is 3.18. The van der Waals surface area contributed by atoms with Crippen molar-refractivity contribution < 1.29 is 14.0 Å². The van der Waals surface area contributed by atoms with Crippen LogP contribution in [0, 0.1) is 11.7 Å². The fourth-order valence-corrected chi connectivity index (χ4v) is 3.15. The molecule has 1 fully saturated rings. The second kappa shape index (κ2) is 3.96. The maximum Gasteiger partial charge on any atom is 0.238 e. The molecule has 3 heterocycles. The molecule has 102 valence electrons. The first-order valence-corrected chi connectivity index (χ1v) is 6.63. The van der Waals surface area contributed by atoms with Crippen LogP contribution in [0.4, 0.5) is 10.1 Å². The lowest BCUT2D eigenvalue weighted by molar-refractivity contribution is -0.123. The molecule has 1 aromatic rings. The monoisotopic (exact) mass is 273 g/mol. The van der Waals surface area contributed by atoms with E-state index in [1.54, 1.807) is 0 Å². The summed E-state index contributed by atoms with van der Waals surface area (Å²) in [6, 6.07) is 3.72. The van der Waals surface area contributed by atoms with E-state index in [-0.39, 0.29) is 35.0 Å². The first-order chi connectivity index (χ1) is 9.66. The quantitative estimate of drug-likeness (QED) is 0.758. The van der Waals surface area contributed by atoms with Crippen LogP contribution >= 0.6 is 0 Å². The highest BCUT2D eigenvalue weighted by Crippen LogP contribution is 2.36. The number of anilines is 1. The Labute approximate surface area is 114 Å². The molecule has 1 amide bonds. The standard InChI is InChI=1S/C14H12FN3O2/c15-7-1-2-11-9(5-7)12(19)13-17-10-6-16-4-3-8(10)14(20)18(11)13/h1-2,5,8,10,16H,3-4,6H2. The lowest BCUT2D eigenvalue weighted by atomic mass is 9.90. The molecule has 20 heavy (non-hydrogen) atoms. The molecule has 4 rings (SSSR count). The van der Waals surface area contributed by atoms with Crippen molar-refractivity contribution in [2.75, 3.05) is 18.0 Å². The predicted octanol–water partition coefficient (Wildman–Crippen LogP) is 0.745. The molecule has 2 atom stereocenters. The number of Topliss-reactive ketones (excluding diaryl/α,β-unsaturated/α-hetero) is 1. The van der Waals surface area contributed by atoms with Gasteiger partial charge in [-0.05, 0) is 31.2 Å². The van der Waals surface area contributed by atoms with Gasteiger partial charge in [0.1, 0.15) is 5.82 Å². The molecular formula is C14H12FN3O2. The highest BCUT2D eigenvalue weighted by atomic mass is 19.1. The molecule has 0 spiro atoms. The predicted molar refractivity (Wildman–Crippen MR) is 70.4 cm³/mol. The Balaban J connectivity index is 1.88. The Morgan fingerprint density at radius 3 is 3.05 bits per heavy atom. The van der Waals surface area contributed by atoms with E-state index in [1.807, 2.05) is 0 Å². The third-order valence-corrected chi connectivity index (χ3v) is 4.13. The highest BCUT2D eigenvalue weighted by molar-refractivity contribution is 6.58. The zero-order valence-corrected chi connectivity index (χ0v) is 10.6. The van der Waals surface area contributed by atoms with E-state index in [9.17, 15) is 14.0 Å². The van der Waals surface area contributed by atoms with Crippen LogP contribution in [0.15, 0.2) is 23.2 Å². The zero-order valence-electron chi connectivity index (χ0n) is 10.6. The number of fused-ring (bicyclic) bond motifs is 4. The van der Waals surface area contributed by atoms with Gasteiger partial charge in [-0.25, -0.2) is 4.39 Å². The summed E-state index contributed by atoms with van der Waals surface area (Å²) in [7, 11) is 0. The van der Waals surface area contributed by atoms with E-state index >= 15 is 0 Å². The molecule has 1 aromatic carbocycles. The number of piperidine rings is 1. The van der Waals surface area contributed by atoms with Crippen LogP contribution < -0.4 is 10.2 Å². The second-order valence-corrected chi connectivity index (χ2v) is 5.28. The number of benzene rings is 1. The van der Waals surface area contributed by atoms with Crippen LogP contribution in [0.2, 0.25) is 0 Å². The van der Waals surface area contributed by atoms with Crippen LogP contribution in [0.3, 0.4) is 0 Å². The molecule has 3 aliphatic rings. The Bertz CT molecular complexity index is 670. The van der Waals surface area contributed by atoms with Crippen molar-refractivity contribution >= 4 is 23.2 Å². The normalized spacial score (nSPS) is 27.9. The van der Waals surface area contributed by atoms with Crippen LogP contribution in [-0.4, -0.2) is 36.7 Å². The molecular weight excluding hydrogens is 261 g/mol. The van der Waals surface area contributed by atoms with E-state index in [2.05, 4.69) is 10.3 Å². The Morgan fingerprint density at radius 1 is 1.35 bits per heavy atom. The van der Waals surface area contributed by atoms with Crippen molar-refractivity contribution in [1.82, 2.24) is 5.32 Å². The first-order valence-electron chi connectivity index (χ1n) is 6.63. The number of carbonyl (C=O) groups excluding carboxylic acids is 2. The number of hydrogen-bond donors (Lipinski definition) is 1. The molecule has 3 aliphatic heterocycles. The lowest BCUT2D eigenvalue weighted by Gasteiger charge is -2.35. The van der Waals surface area contributed by atoms with Crippen molar-refractivity contribution in [2.45, 2.75) is 12.5 Å². The summed E-state index contributed by atoms with van der Waals surface area (Å²) in [6.45, 7) is 1.38. The number of rotatable bonds is 0. The smallest absolute Gasteiger partial charge is 0.238 e. The molecule has 6 heteroatoms. The van der Waals surface area contributed by atoms with E-state index in [4.69, 9.17) is 0 Å². The van der Waals surface area contributed by atoms with Gasteiger partial charge in [-0.3, -0.25) is 19.5 Å². The summed E-state index contributed by atoms with van der Waals surface area (Å²) in [4.78, 5) is 30.7. The molecule has 2 unspecified atom stereocenters. The summed E-state index contributed by atoms with van der Waals surface area (Å²) >= 11 is 0. The fourth-order valence-electron chi connectivity index (χ4n) is 3.15. The highest BCUT2D eigenvalue weighted by Gasteiger charge is 2.47. The minimum Gasteiger partial charge on any atom is -0.315 e. The lowest BCUT2D eigenvalue weighted by Crippen LogP contribution is -2.54. The molecule has 5 nitrogen and oxygen atoms in total. The zero-order chi connectivity index (χ0) is 13.9. The molecule has 0 aromatic heterocycles. The molecule has 1 saturated heterocycles. The van der Waals surface area contributed by atoms with E-state index in [1.165, 1.54) is 23.1 Å². The Hall–Kier alpha value is -2.08. The number of nitrogens with one attached hydrogen (secondary N) is 1. The van der Waals surface area contributed by atoms with Crippen molar-refractivity contribution in [3.8, 4) is 0 Å². The SMILES string of the molecule is O=C1C2=NC3CNCCC3C(=O)N2c2ccc(F)cc21. The minimum atomic E-state index is -0.482. The number of nitrogens with zero attached hydrogens (tertiary/aromatic N) is 2. The van der Waals surface area contributed by atoms with Crippen molar-refractivity contribution in [1.29, 1.82) is 0 Å². The molecule has 0 saturated carbocycles. The first kappa shape index (κ1) is 11.7. The topological polar surface area (TPSA) is 61.8 Å². The average Bonchev–Trinajstić information content (AvgIpc) is 2.73. The minimum absolute atomic E-state index is 0.0970. The fraction of sp³-hybridized carbons (Fsp3) is 0.357. The van der Waals surface area contributed by atoms with Crippen molar-refractivity contribution in [3.63, 3.8) is 0 Å². The number of ketones is 1. The van der Waals surface area contributed by atoms with Crippen LogP contribution in [0.5, 0.6) is 0 Å². The number of hydrogen-bond acceptors (Lipinski definition) is 4. The van der Waals surface area contributed by atoms with Crippen molar-refractivity contribution in [2.24, 2.45) is 10.9 Å². The van der Waals surface area contributed by atoms with Gasteiger partial charge in [0.25, 0.3) is 0 Å². The van der Waals surface area contributed by atoms with E-state index < -0.39 is 5.82 Å². The van der Waals surface area contributed by atoms with Gasteiger partial charge in [0, 0.05) is 6.54 Å². The largest absolute Gasteiger partial charge is 0.315 e. The molecule has 0 aliphatic carbocycles. The third-order valence-electron chi connectivity index (χ3n) is 4.13. The van der Waals surface area contributed by atoms with Gasteiger partial charge in [-0.15, -0.1) is 0 Å². The van der Waals surface area contributed by atoms with Crippen LogP contribution in [0.25, 0.3) is 0 Å². The maximum atomic E-state index is 13.3. The van der Waals surface area contributed by atoms with Gasteiger partial charge in [-0.1, -0.05) is 0 Å². The van der Waals surface area contributed by atoms with E-state index in [0.29, 0.717) is 18.7 Å². The summed E-state index contributed by atoms with van der Waals surface area (Å²) in [5.74, 6) is -0.995. The van der Waals surface area contributed by atoms with Gasteiger partial charge in [-0.2, -0.15) is 0 Å². The number of aliphatic imine (C=N–C) groups is 1. The number of carbonyl (C=O) groups is 2. The summed E-state index contributed by atoms with van der Waals surface area (Å²) < 4.78 is 13.3. The van der Waals surface area contributed by atoms with Gasteiger partial charge in [0.15, 0.2) is 5.84 Å². The Kier molecular flexibility index (Phi) is 2.32. The number of halogens is 1. The second-order valence-electron chi connectivity index (χ2n) is 5.28. The molecule has 0 bridgehead atoms. The van der Waals surface area contributed by atoms with Crippen LogP contribution in [0.1, 0.15) is 16.8 Å². The van der Waals surface area contributed by atoms with Gasteiger partial charge >= 0.3 is 0 Å². The summed E-state index contributed by atoms with van der Waals surface area (Å²) in [6.07, 6.45) is 0.710. The molecule has 1 N–H and O–H groups in total. The third kappa shape index (κ3) is 1.42. The number of amides is 1. The van der Waals surface area contributed by atoms with Gasteiger partial charge in [0.2, 0.25) is 11.7 Å².